The Morgan fingerprint density at radius 1 is 1.33 bits per heavy atom. The SMILES string of the molecule is COc1ccc(C(=O)NC(=S)NCC(=O)O)cc1. The van der Waals surface area contributed by atoms with Crippen molar-refractivity contribution in [3.63, 3.8) is 0 Å². The van der Waals surface area contributed by atoms with Crippen molar-refractivity contribution in [2.75, 3.05) is 13.7 Å². The standard InChI is InChI=1S/C11H12N2O4S/c1-17-8-4-2-7(3-5-8)10(16)13-11(18)12-6-9(14)15/h2-5H,6H2,1H3,(H,14,15)(H2,12,13,16,18). The van der Waals surface area contributed by atoms with Gasteiger partial charge in [-0.05, 0) is 36.5 Å². The van der Waals surface area contributed by atoms with Gasteiger partial charge in [0, 0.05) is 5.56 Å². The fourth-order valence-electron chi connectivity index (χ4n) is 1.12. The van der Waals surface area contributed by atoms with E-state index in [1.807, 2.05) is 0 Å². The number of amides is 1. The molecule has 0 spiro atoms. The summed E-state index contributed by atoms with van der Waals surface area (Å²) in [5, 5.41) is 13.1. The molecule has 0 aromatic heterocycles. The highest BCUT2D eigenvalue weighted by molar-refractivity contribution is 7.80. The molecular weight excluding hydrogens is 256 g/mol. The Hall–Kier alpha value is -2.15. The number of hydrogen-bond donors (Lipinski definition) is 3. The molecule has 0 saturated carbocycles. The van der Waals surface area contributed by atoms with E-state index in [9.17, 15) is 9.59 Å². The molecule has 0 aliphatic carbocycles. The number of carbonyl (C=O) groups excluding carboxylic acids is 1. The van der Waals surface area contributed by atoms with Crippen molar-refractivity contribution in [3.8, 4) is 5.75 Å². The first-order valence-corrected chi connectivity index (χ1v) is 5.39. The van der Waals surface area contributed by atoms with Gasteiger partial charge in [0.05, 0.1) is 7.11 Å². The molecule has 0 radical (unpaired) electrons. The van der Waals surface area contributed by atoms with Crippen molar-refractivity contribution < 1.29 is 19.4 Å². The minimum atomic E-state index is -1.06. The van der Waals surface area contributed by atoms with E-state index in [-0.39, 0.29) is 11.7 Å². The third kappa shape index (κ3) is 4.38. The van der Waals surface area contributed by atoms with Gasteiger partial charge in [0.15, 0.2) is 5.11 Å². The second kappa shape index (κ2) is 6.55. The van der Waals surface area contributed by atoms with Gasteiger partial charge in [-0.1, -0.05) is 0 Å². The van der Waals surface area contributed by atoms with Crippen molar-refractivity contribution in [1.29, 1.82) is 0 Å². The Kier molecular flexibility index (Phi) is 5.06. The smallest absolute Gasteiger partial charge is 0.322 e. The van der Waals surface area contributed by atoms with Gasteiger partial charge in [-0.25, -0.2) is 0 Å². The number of carboxylic acids is 1. The summed E-state index contributed by atoms with van der Waals surface area (Å²) in [7, 11) is 1.53. The molecule has 0 heterocycles. The Balaban J connectivity index is 2.53. The Labute approximate surface area is 109 Å². The van der Waals surface area contributed by atoms with Crippen LogP contribution in [0.5, 0.6) is 5.75 Å². The largest absolute Gasteiger partial charge is 0.497 e. The average molecular weight is 268 g/mol. The second-order valence-corrected chi connectivity index (χ2v) is 3.67. The van der Waals surface area contributed by atoms with Gasteiger partial charge >= 0.3 is 5.97 Å². The summed E-state index contributed by atoms with van der Waals surface area (Å²) in [6.07, 6.45) is 0. The monoisotopic (exact) mass is 268 g/mol. The fourth-order valence-corrected chi connectivity index (χ4v) is 1.28. The van der Waals surface area contributed by atoms with Gasteiger partial charge in [0.2, 0.25) is 0 Å². The number of nitrogens with one attached hydrogen (secondary N) is 2. The molecule has 1 aromatic rings. The van der Waals surface area contributed by atoms with Gasteiger partial charge in [-0.3, -0.25) is 14.9 Å². The van der Waals surface area contributed by atoms with Crippen LogP contribution in [0.2, 0.25) is 0 Å². The first kappa shape index (κ1) is 13.9. The van der Waals surface area contributed by atoms with E-state index in [2.05, 4.69) is 10.6 Å². The lowest BCUT2D eigenvalue weighted by Crippen LogP contribution is -2.41. The Morgan fingerprint density at radius 2 is 1.94 bits per heavy atom. The predicted octanol–water partition coefficient (Wildman–Crippen LogP) is 0.384. The summed E-state index contributed by atoms with van der Waals surface area (Å²) in [4.78, 5) is 22.0. The molecule has 6 nitrogen and oxygen atoms in total. The normalized spacial score (nSPS) is 9.39. The number of aliphatic carboxylic acids is 1. The molecule has 0 saturated heterocycles. The number of carboxylic acid groups (broad SMARTS) is 1. The maximum atomic E-state index is 11.7. The zero-order chi connectivity index (χ0) is 13.5. The second-order valence-electron chi connectivity index (χ2n) is 3.26. The molecule has 0 atom stereocenters. The summed E-state index contributed by atoms with van der Waals surface area (Å²) in [5.74, 6) is -0.838. The van der Waals surface area contributed by atoms with Crippen LogP contribution >= 0.6 is 12.2 Å². The molecule has 1 rings (SSSR count). The maximum Gasteiger partial charge on any atom is 0.322 e. The Morgan fingerprint density at radius 3 is 2.44 bits per heavy atom. The van der Waals surface area contributed by atoms with Crippen LogP contribution in [-0.2, 0) is 4.79 Å². The molecular formula is C11H12N2O4S. The van der Waals surface area contributed by atoms with Crippen LogP contribution in [0.4, 0.5) is 0 Å². The van der Waals surface area contributed by atoms with Gasteiger partial charge in [0.1, 0.15) is 12.3 Å². The van der Waals surface area contributed by atoms with Crippen molar-refractivity contribution in [3.05, 3.63) is 29.8 Å². The Bertz CT molecular complexity index is 459. The summed E-state index contributed by atoms with van der Waals surface area (Å²) >= 11 is 4.77. The fraction of sp³-hybridized carbons (Fsp3) is 0.182. The molecule has 7 heteroatoms. The molecule has 1 amide bonds. The van der Waals surface area contributed by atoms with E-state index in [0.29, 0.717) is 11.3 Å². The minimum Gasteiger partial charge on any atom is -0.497 e. The lowest BCUT2D eigenvalue weighted by molar-refractivity contribution is -0.135. The summed E-state index contributed by atoms with van der Waals surface area (Å²) < 4.78 is 4.96. The number of hydrogen-bond acceptors (Lipinski definition) is 4. The first-order chi connectivity index (χ1) is 8.52. The van der Waals surface area contributed by atoms with Gasteiger partial charge in [-0.15, -0.1) is 0 Å². The maximum absolute atomic E-state index is 11.7. The van der Waals surface area contributed by atoms with E-state index in [1.54, 1.807) is 24.3 Å². The van der Waals surface area contributed by atoms with Crippen LogP contribution < -0.4 is 15.4 Å². The quantitative estimate of drug-likeness (QED) is 0.684. The van der Waals surface area contributed by atoms with Gasteiger partial charge in [0.25, 0.3) is 5.91 Å². The van der Waals surface area contributed by atoms with Crippen molar-refractivity contribution in [1.82, 2.24) is 10.6 Å². The number of ether oxygens (including phenoxy) is 1. The van der Waals surface area contributed by atoms with E-state index < -0.39 is 11.9 Å². The molecule has 0 fully saturated rings. The third-order valence-electron chi connectivity index (χ3n) is 1.98. The highest BCUT2D eigenvalue weighted by atomic mass is 32.1. The van der Waals surface area contributed by atoms with Gasteiger partial charge < -0.3 is 15.2 Å². The highest BCUT2D eigenvalue weighted by Gasteiger charge is 2.08. The number of methoxy groups -OCH3 is 1. The topological polar surface area (TPSA) is 87.7 Å². The molecule has 0 unspecified atom stereocenters. The minimum absolute atomic E-state index is 0.0294. The molecule has 0 aliphatic heterocycles. The van der Waals surface area contributed by atoms with Crippen LogP contribution in [0.15, 0.2) is 24.3 Å². The van der Waals surface area contributed by atoms with Crippen LogP contribution in [0.25, 0.3) is 0 Å². The number of thiocarbonyl (C=S) groups is 1. The summed E-state index contributed by atoms with van der Waals surface area (Å²) in [5.41, 5.74) is 0.398. The number of carbonyl (C=O) groups is 2. The first-order valence-electron chi connectivity index (χ1n) is 4.98. The third-order valence-corrected chi connectivity index (χ3v) is 2.23. The highest BCUT2D eigenvalue weighted by Crippen LogP contribution is 2.10. The lowest BCUT2D eigenvalue weighted by Gasteiger charge is -2.08. The molecule has 96 valence electrons. The van der Waals surface area contributed by atoms with Gasteiger partial charge in [-0.2, -0.15) is 0 Å². The zero-order valence-corrected chi connectivity index (χ0v) is 10.4. The molecule has 0 bridgehead atoms. The summed E-state index contributed by atoms with van der Waals surface area (Å²) in [6.45, 7) is -0.346. The zero-order valence-electron chi connectivity index (χ0n) is 9.60. The number of benzene rings is 1. The van der Waals surface area contributed by atoms with Crippen LogP contribution in [-0.4, -0.2) is 35.8 Å². The number of rotatable bonds is 4. The van der Waals surface area contributed by atoms with E-state index >= 15 is 0 Å². The average Bonchev–Trinajstić information content (AvgIpc) is 2.36. The molecule has 18 heavy (non-hydrogen) atoms. The van der Waals surface area contributed by atoms with Crippen molar-refractivity contribution in [2.45, 2.75) is 0 Å². The van der Waals surface area contributed by atoms with Crippen LogP contribution in [0.1, 0.15) is 10.4 Å². The van der Waals surface area contributed by atoms with E-state index in [0.717, 1.165) is 0 Å². The van der Waals surface area contributed by atoms with Crippen LogP contribution in [0, 0.1) is 0 Å². The lowest BCUT2D eigenvalue weighted by atomic mass is 10.2. The molecule has 3 N–H and O–H groups in total. The summed E-state index contributed by atoms with van der Waals surface area (Å²) in [6, 6.07) is 6.44. The van der Waals surface area contributed by atoms with Crippen LogP contribution in [0.3, 0.4) is 0 Å². The predicted molar refractivity (Wildman–Crippen MR) is 68.7 cm³/mol. The van der Waals surface area contributed by atoms with E-state index in [1.165, 1.54) is 7.11 Å². The molecule has 0 aliphatic rings. The molecule has 1 aromatic carbocycles. The van der Waals surface area contributed by atoms with Crippen molar-refractivity contribution in [2.24, 2.45) is 0 Å². The van der Waals surface area contributed by atoms with Crippen molar-refractivity contribution >= 4 is 29.2 Å². The van der Waals surface area contributed by atoms with E-state index in [4.69, 9.17) is 22.1 Å².